The monoisotopic (exact) mass is 366 g/mol. The molecule has 1 unspecified atom stereocenters. The lowest BCUT2D eigenvalue weighted by molar-refractivity contribution is -0.130. The number of thioether (sulfide) groups is 1. The summed E-state index contributed by atoms with van der Waals surface area (Å²) >= 11 is 1.61. The molecule has 0 bridgehead atoms. The lowest BCUT2D eigenvalue weighted by atomic mass is 9.77. The molecule has 1 aromatic carbocycles. The summed E-state index contributed by atoms with van der Waals surface area (Å²) < 4.78 is 0. The number of carbonyl (C=O) groups excluding carboxylic acids is 1. The van der Waals surface area contributed by atoms with Gasteiger partial charge in [0.1, 0.15) is 0 Å². The summed E-state index contributed by atoms with van der Waals surface area (Å²) in [6.45, 7) is 1.98. The number of nitriles is 1. The van der Waals surface area contributed by atoms with E-state index in [1.165, 1.54) is 23.3 Å². The Labute approximate surface area is 158 Å². The number of hydrogen-bond acceptors (Lipinski definition) is 4. The van der Waals surface area contributed by atoms with Crippen molar-refractivity contribution in [3.63, 3.8) is 0 Å². The molecule has 2 fully saturated rings. The number of hydrogen-bond donors (Lipinski definition) is 2. The number of nitrogens with zero attached hydrogens (tertiary/aromatic N) is 2. The molecule has 134 valence electrons. The maximum absolute atomic E-state index is 13.1. The van der Waals surface area contributed by atoms with Gasteiger partial charge in [-0.3, -0.25) is 15.1 Å². The Morgan fingerprint density at radius 3 is 2.54 bits per heavy atom. The van der Waals surface area contributed by atoms with Gasteiger partial charge < -0.3 is 5.32 Å². The van der Waals surface area contributed by atoms with Gasteiger partial charge in [0.25, 0.3) is 0 Å². The van der Waals surface area contributed by atoms with Crippen molar-refractivity contribution in [2.75, 3.05) is 12.8 Å². The number of likely N-dealkylation sites (N-methyl/N-ethyl adjacent to an activating group) is 1. The number of allylic oxidation sites excluding steroid dienone is 1. The second-order valence-corrected chi connectivity index (χ2v) is 8.59. The number of rotatable bonds is 3. The van der Waals surface area contributed by atoms with E-state index < -0.39 is 11.5 Å². The van der Waals surface area contributed by atoms with E-state index in [1.807, 2.05) is 13.0 Å². The molecule has 1 saturated heterocycles. The zero-order valence-electron chi connectivity index (χ0n) is 15.0. The predicted molar refractivity (Wildman–Crippen MR) is 103 cm³/mol. The summed E-state index contributed by atoms with van der Waals surface area (Å²) in [5.74, 6) is 0.827. The molecule has 26 heavy (non-hydrogen) atoms. The van der Waals surface area contributed by atoms with Gasteiger partial charge in [0.2, 0.25) is 5.91 Å². The molecule has 0 aromatic heterocycles. The van der Waals surface area contributed by atoms with Gasteiger partial charge in [-0.1, -0.05) is 30.3 Å². The normalized spacial score (nSPS) is 31.4. The first-order valence-electron chi connectivity index (χ1n) is 8.93. The molecule has 1 aliphatic carbocycles. The summed E-state index contributed by atoms with van der Waals surface area (Å²) in [6.07, 6.45) is 4.45. The van der Waals surface area contributed by atoms with E-state index in [2.05, 4.69) is 35.7 Å². The van der Waals surface area contributed by atoms with E-state index in [-0.39, 0.29) is 17.8 Å². The van der Waals surface area contributed by atoms with Crippen molar-refractivity contribution in [1.29, 1.82) is 10.7 Å². The van der Waals surface area contributed by atoms with Crippen molar-refractivity contribution in [3.05, 3.63) is 46.4 Å². The second-order valence-electron chi connectivity index (χ2n) is 7.52. The molecule has 1 saturated carbocycles. The van der Waals surface area contributed by atoms with Gasteiger partial charge in [-0.15, -0.1) is 11.8 Å². The third kappa shape index (κ3) is 2.71. The van der Waals surface area contributed by atoms with Crippen LogP contribution in [-0.2, 0) is 4.79 Å². The van der Waals surface area contributed by atoms with Crippen molar-refractivity contribution in [3.8, 4) is 6.07 Å². The minimum atomic E-state index is -0.710. The smallest absolute Gasteiger partial charge is 0.239 e. The Morgan fingerprint density at radius 1 is 1.31 bits per heavy atom. The van der Waals surface area contributed by atoms with E-state index >= 15 is 0 Å². The van der Waals surface area contributed by atoms with E-state index in [9.17, 15) is 10.1 Å². The molecule has 3 aliphatic rings. The Balaban J connectivity index is 1.75. The summed E-state index contributed by atoms with van der Waals surface area (Å²) in [6, 6.07) is 10.7. The molecule has 1 amide bonds. The van der Waals surface area contributed by atoms with Gasteiger partial charge in [-0.05, 0) is 36.8 Å². The molecule has 5 nitrogen and oxygen atoms in total. The van der Waals surface area contributed by atoms with Crippen LogP contribution in [0, 0.1) is 22.7 Å². The molecule has 2 N–H and O–H groups in total. The fourth-order valence-electron chi connectivity index (χ4n) is 3.87. The van der Waals surface area contributed by atoms with Crippen LogP contribution in [0.5, 0.6) is 0 Å². The zero-order chi connectivity index (χ0) is 18.5. The Kier molecular flexibility index (Phi) is 4.07. The largest absolute Gasteiger partial charge is 0.345 e. The van der Waals surface area contributed by atoms with Crippen LogP contribution < -0.4 is 5.32 Å². The number of nitrogens with one attached hydrogen (secondary N) is 2. The first-order valence-corrected chi connectivity index (χ1v) is 9.91. The van der Waals surface area contributed by atoms with Crippen LogP contribution in [0.15, 0.2) is 35.2 Å². The summed E-state index contributed by atoms with van der Waals surface area (Å²) in [4.78, 5) is 15.5. The maximum atomic E-state index is 13.1. The van der Waals surface area contributed by atoms with Crippen LogP contribution in [-0.4, -0.2) is 35.1 Å². The number of benzene rings is 1. The molecular formula is C20H22N4OS. The maximum Gasteiger partial charge on any atom is 0.239 e. The molecule has 4 rings (SSSR count). The zero-order valence-corrected chi connectivity index (χ0v) is 15.8. The van der Waals surface area contributed by atoms with Crippen LogP contribution in [0.4, 0.5) is 0 Å². The molecule has 0 spiro atoms. The van der Waals surface area contributed by atoms with Gasteiger partial charge in [0.15, 0.2) is 5.96 Å². The van der Waals surface area contributed by atoms with Crippen LogP contribution in [0.2, 0.25) is 0 Å². The van der Waals surface area contributed by atoms with Gasteiger partial charge in [0, 0.05) is 17.7 Å². The summed E-state index contributed by atoms with van der Waals surface area (Å²) in [7, 11) is 1.64. The fourth-order valence-corrected chi connectivity index (χ4v) is 5.13. The quantitative estimate of drug-likeness (QED) is 0.861. The fraction of sp³-hybridized carbons (Fsp3) is 0.450. The molecule has 1 aromatic rings. The van der Waals surface area contributed by atoms with Gasteiger partial charge in [-0.25, -0.2) is 0 Å². The lowest BCUT2D eigenvalue weighted by Gasteiger charge is -2.46. The first-order chi connectivity index (χ1) is 12.4. The molecule has 3 atom stereocenters. The second kappa shape index (κ2) is 6.17. The number of carbonyl (C=O) groups is 1. The molecular weight excluding hydrogens is 344 g/mol. The van der Waals surface area contributed by atoms with Crippen LogP contribution in [0.25, 0.3) is 0 Å². The average Bonchev–Trinajstić information content (AvgIpc) is 3.36. The first kappa shape index (κ1) is 17.2. The minimum absolute atomic E-state index is 0.0858. The van der Waals surface area contributed by atoms with E-state index in [4.69, 9.17) is 5.41 Å². The Hall–Kier alpha value is -2.26. The molecule has 2 heterocycles. The SMILES string of the molecule is CN1C(=N)N[C@](C)(C2=CC(C#N)CS2)[C@@H](c2ccc(C3CC3)cc2)C1=O. The molecule has 2 aliphatic heterocycles. The molecule has 0 radical (unpaired) electrons. The third-order valence-electron chi connectivity index (χ3n) is 5.64. The lowest BCUT2D eigenvalue weighted by Crippen LogP contribution is -2.64. The Bertz CT molecular complexity index is 836. The van der Waals surface area contributed by atoms with Crippen molar-refractivity contribution in [2.45, 2.75) is 37.1 Å². The average molecular weight is 366 g/mol. The van der Waals surface area contributed by atoms with Crippen molar-refractivity contribution < 1.29 is 4.79 Å². The predicted octanol–water partition coefficient (Wildman–Crippen LogP) is 3.17. The highest BCUT2D eigenvalue weighted by atomic mass is 32.2. The van der Waals surface area contributed by atoms with Gasteiger partial charge in [-0.2, -0.15) is 5.26 Å². The highest BCUT2D eigenvalue weighted by Crippen LogP contribution is 2.47. The van der Waals surface area contributed by atoms with Gasteiger partial charge in [0.05, 0.1) is 23.4 Å². The van der Waals surface area contributed by atoms with E-state index in [0.29, 0.717) is 11.7 Å². The van der Waals surface area contributed by atoms with Crippen molar-refractivity contribution in [1.82, 2.24) is 10.2 Å². The van der Waals surface area contributed by atoms with Crippen LogP contribution in [0.1, 0.15) is 42.7 Å². The van der Waals surface area contributed by atoms with Crippen molar-refractivity contribution in [2.24, 2.45) is 5.92 Å². The van der Waals surface area contributed by atoms with E-state index in [1.54, 1.807) is 18.8 Å². The standard InChI is InChI=1S/C20H22N4OS/c1-20(16-9-12(10-21)11-26-16)17(18(25)24(2)19(22)23-20)15-7-5-14(6-8-15)13-3-4-13/h5-9,12-13,17H,3-4,11H2,1-2H3,(H2,22,23)/t12?,17-,20+/m0/s1. The number of guanidine groups is 1. The van der Waals surface area contributed by atoms with Crippen molar-refractivity contribution >= 4 is 23.6 Å². The summed E-state index contributed by atoms with van der Waals surface area (Å²) in [5, 5.41) is 20.7. The van der Waals surface area contributed by atoms with Gasteiger partial charge >= 0.3 is 0 Å². The third-order valence-corrected chi connectivity index (χ3v) is 7.03. The highest BCUT2D eigenvalue weighted by molar-refractivity contribution is 8.03. The highest BCUT2D eigenvalue weighted by Gasteiger charge is 2.50. The Morgan fingerprint density at radius 2 is 1.96 bits per heavy atom. The number of amides is 1. The summed E-state index contributed by atoms with van der Waals surface area (Å²) in [5.41, 5.74) is 1.58. The van der Waals surface area contributed by atoms with Crippen LogP contribution in [0.3, 0.4) is 0 Å². The minimum Gasteiger partial charge on any atom is -0.345 e. The van der Waals surface area contributed by atoms with E-state index in [0.717, 1.165) is 10.5 Å². The van der Waals surface area contributed by atoms with Crippen LogP contribution >= 0.6 is 11.8 Å². The topological polar surface area (TPSA) is 80.0 Å². The molecule has 6 heteroatoms.